The minimum absolute atomic E-state index is 0.0220. The van der Waals surface area contributed by atoms with E-state index in [9.17, 15) is 20.1 Å². The van der Waals surface area contributed by atoms with Crippen molar-refractivity contribution >= 4 is 5.97 Å². The predicted octanol–water partition coefficient (Wildman–Crippen LogP) is 6.97. The van der Waals surface area contributed by atoms with Crippen LogP contribution in [-0.2, 0) is 6.42 Å². The van der Waals surface area contributed by atoms with Crippen LogP contribution in [0.5, 0.6) is 11.5 Å². The molecule has 4 nitrogen and oxygen atoms in total. The zero-order valence-electron chi connectivity index (χ0n) is 18.4. The number of aromatic hydroxyl groups is 1. The Morgan fingerprint density at radius 3 is 1.59 bits per heavy atom. The summed E-state index contributed by atoms with van der Waals surface area (Å²) in [5.74, 6) is -2.00. The third-order valence-corrected chi connectivity index (χ3v) is 5.75. The van der Waals surface area contributed by atoms with Crippen molar-refractivity contribution in [2.75, 3.05) is 0 Å². The maximum absolute atomic E-state index is 12.0. The van der Waals surface area contributed by atoms with E-state index in [4.69, 9.17) is 0 Å². The number of phenolic OH excluding ortho intramolecular Hbond substituents is 1. The molecule has 1 rings (SSSR count). The second kappa shape index (κ2) is 16.1. The van der Waals surface area contributed by atoms with Gasteiger partial charge in [-0.25, -0.2) is 4.79 Å². The fourth-order valence-corrected chi connectivity index (χ4v) is 3.91. The maximum Gasteiger partial charge on any atom is 0.335 e. The van der Waals surface area contributed by atoms with Crippen molar-refractivity contribution in [1.29, 1.82) is 0 Å². The number of unbranched alkanes of at least 4 members (excludes halogenated alkanes) is 15. The third-order valence-electron chi connectivity index (χ3n) is 5.75. The summed E-state index contributed by atoms with van der Waals surface area (Å²) in [7, 11) is 0. The van der Waals surface area contributed by atoms with Gasteiger partial charge in [0.1, 0.15) is 5.75 Å². The molecule has 1 aromatic rings. The molecule has 0 aromatic heterocycles. The minimum Gasteiger partial charge on any atom is -0.870 e. The fourth-order valence-electron chi connectivity index (χ4n) is 3.91. The number of benzene rings is 1. The lowest BCUT2D eigenvalue weighted by atomic mass is 9.98. The number of rotatable bonds is 18. The van der Waals surface area contributed by atoms with Crippen molar-refractivity contribution in [2.45, 2.75) is 116 Å². The molecule has 0 bridgehead atoms. The number of carbonyl (C=O) groups is 1. The smallest absolute Gasteiger partial charge is 0.335 e. The van der Waals surface area contributed by atoms with Gasteiger partial charge >= 0.3 is 5.97 Å². The summed E-state index contributed by atoms with van der Waals surface area (Å²) in [5, 5.41) is 30.7. The first-order chi connectivity index (χ1) is 14.1. The van der Waals surface area contributed by atoms with Crippen LogP contribution in [0.2, 0.25) is 0 Å². The summed E-state index contributed by atoms with van der Waals surface area (Å²) in [6, 6.07) is 2.49. The Hall–Kier alpha value is -1.71. The molecular weight excluding hydrogens is 364 g/mol. The topological polar surface area (TPSA) is 80.6 Å². The second-order valence-electron chi connectivity index (χ2n) is 8.30. The average Bonchev–Trinajstić information content (AvgIpc) is 2.70. The van der Waals surface area contributed by atoms with E-state index >= 15 is 0 Å². The molecule has 0 aliphatic carbocycles. The number of carboxylic acids is 1. The molecular formula is C25H41O4-. The number of hydrogen-bond acceptors (Lipinski definition) is 3. The Kier molecular flexibility index (Phi) is 14.1. The zero-order chi connectivity index (χ0) is 21.3. The van der Waals surface area contributed by atoms with Gasteiger partial charge in [-0.05, 0) is 30.5 Å². The van der Waals surface area contributed by atoms with Gasteiger partial charge in [-0.3, -0.25) is 0 Å². The highest BCUT2D eigenvalue weighted by Gasteiger charge is 2.12. The van der Waals surface area contributed by atoms with Crippen LogP contribution in [0.4, 0.5) is 0 Å². The molecule has 0 saturated heterocycles. The third kappa shape index (κ3) is 11.2. The molecule has 0 saturated carbocycles. The lowest BCUT2D eigenvalue weighted by molar-refractivity contribution is -0.271. The molecule has 4 heteroatoms. The van der Waals surface area contributed by atoms with Gasteiger partial charge in [-0.1, -0.05) is 109 Å². The summed E-state index contributed by atoms with van der Waals surface area (Å²) in [5.41, 5.74) is 0.261. The van der Waals surface area contributed by atoms with Gasteiger partial charge in [-0.15, -0.1) is 0 Å². The van der Waals surface area contributed by atoms with Gasteiger partial charge in [0.2, 0.25) is 0 Å². The van der Waals surface area contributed by atoms with Gasteiger partial charge in [-0.2, -0.15) is 0 Å². The van der Waals surface area contributed by atoms with Crippen LogP contribution in [-0.4, -0.2) is 16.2 Å². The van der Waals surface area contributed by atoms with Crippen LogP contribution in [0.15, 0.2) is 12.1 Å². The second-order valence-corrected chi connectivity index (χ2v) is 8.30. The molecule has 0 aliphatic heterocycles. The van der Waals surface area contributed by atoms with E-state index in [1.807, 2.05) is 0 Å². The van der Waals surface area contributed by atoms with Crippen LogP contribution in [0.3, 0.4) is 0 Å². The van der Waals surface area contributed by atoms with E-state index in [2.05, 4.69) is 6.92 Å². The minimum atomic E-state index is -1.10. The van der Waals surface area contributed by atoms with Crippen molar-refractivity contribution in [1.82, 2.24) is 0 Å². The summed E-state index contributed by atoms with van der Waals surface area (Å²) < 4.78 is 0. The Morgan fingerprint density at radius 2 is 1.17 bits per heavy atom. The molecule has 0 heterocycles. The van der Waals surface area contributed by atoms with E-state index in [0.717, 1.165) is 19.3 Å². The highest BCUT2D eigenvalue weighted by Crippen LogP contribution is 2.30. The lowest BCUT2D eigenvalue weighted by Crippen LogP contribution is -2.07. The standard InChI is InChI=1S/C25H42O4/c1-2-3-4-5-6-7-8-9-10-11-12-13-14-15-16-17-18-21-22(25(28)29)19-20-23(26)24(21)27/h19-20,26-27H,2-18H2,1H3,(H,28,29)/p-1. The van der Waals surface area contributed by atoms with Crippen LogP contribution in [0.1, 0.15) is 126 Å². The molecule has 0 spiro atoms. The van der Waals surface area contributed by atoms with E-state index in [1.54, 1.807) is 0 Å². The van der Waals surface area contributed by atoms with Crippen molar-refractivity contribution < 1.29 is 20.1 Å². The van der Waals surface area contributed by atoms with E-state index in [1.165, 1.54) is 95.6 Å². The number of carboxylic acid groups (broad SMARTS) is 1. The molecule has 0 fully saturated rings. The molecule has 0 aliphatic rings. The van der Waals surface area contributed by atoms with Crippen molar-refractivity contribution in [2.24, 2.45) is 0 Å². The quantitative estimate of drug-likeness (QED) is 0.258. The van der Waals surface area contributed by atoms with Crippen LogP contribution in [0.25, 0.3) is 0 Å². The first-order valence-electron chi connectivity index (χ1n) is 11.8. The first-order valence-corrected chi connectivity index (χ1v) is 11.8. The largest absolute Gasteiger partial charge is 0.870 e. The van der Waals surface area contributed by atoms with E-state index in [-0.39, 0.29) is 16.9 Å². The maximum atomic E-state index is 12.0. The summed E-state index contributed by atoms with van der Waals surface area (Å²) >= 11 is 0. The Morgan fingerprint density at radius 1 is 0.759 bits per heavy atom. The molecule has 2 N–H and O–H groups in total. The van der Waals surface area contributed by atoms with Crippen molar-refractivity contribution in [3.05, 3.63) is 23.3 Å². The predicted molar refractivity (Wildman–Crippen MR) is 118 cm³/mol. The summed E-state index contributed by atoms with van der Waals surface area (Å²) in [6.45, 7) is 2.26. The monoisotopic (exact) mass is 405 g/mol. The van der Waals surface area contributed by atoms with E-state index in [0.29, 0.717) is 6.42 Å². The molecule has 0 atom stereocenters. The number of aromatic carboxylic acids is 1. The Balaban J connectivity index is 1.98. The Labute approximate surface area is 177 Å². The Bertz CT molecular complexity index is 568. The van der Waals surface area contributed by atoms with Crippen LogP contribution >= 0.6 is 0 Å². The molecule has 0 amide bonds. The molecule has 0 unspecified atom stereocenters. The van der Waals surface area contributed by atoms with Gasteiger partial charge in [0.25, 0.3) is 0 Å². The number of hydrogen-bond donors (Lipinski definition) is 2. The molecule has 0 radical (unpaired) electrons. The van der Waals surface area contributed by atoms with Crippen LogP contribution < -0.4 is 5.11 Å². The highest BCUT2D eigenvalue weighted by molar-refractivity contribution is 5.90. The van der Waals surface area contributed by atoms with Gasteiger partial charge in [0, 0.05) is 0 Å². The first kappa shape index (κ1) is 25.3. The van der Waals surface area contributed by atoms with E-state index < -0.39 is 11.7 Å². The summed E-state index contributed by atoms with van der Waals surface area (Å²) in [4.78, 5) is 11.2. The average molecular weight is 406 g/mol. The summed E-state index contributed by atoms with van der Waals surface area (Å²) in [6.07, 6.45) is 20.9. The number of phenols is 1. The van der Waals surface area contributed by atoms with Gasteiger partial charge in [0.05, 0.1) is 5.56 Å². The molecule has 29 heavy (non-hydrogen) atoms. The normalized spacial score (nSPS) is 11.1. The van der Waals surface area contributed by atoms with Crippen molar-refractivity contribution in [3.8, 4) is 11.5 Å². The fraction of sp³-hybridized carbons (Fsp3) is 0.720. The van der Waals surface area contributed by atoms with Gasteiger partial charge in [0.15, 0.2) is 0 Å². The van der Waals surface area contributed by atoms with Gasteiger partial charge < -0.3 is 15.3 Å². The van der Waals surface area contributed by atoms with Crippen LogP contribution in [0, 0.1) is 0 Å². The zero-order valence-corrected chi connectivity index (χ0v) is 18.4. The van der Waals surface area contributed by atoms with Crippen molar-refractivity contribution in [3.63, 3.8) is 0 Å². The molecule has 166 valence electrons. The lowest BCUT2D eigenvalue weighted by Gasteiger charge is -2.17. The highest BCUT2D eigenvalue weighted by atomic mass is 16.4. The molecule has 1 aromatic carbocycles. The SMILES string of the molecule is CCCCCCCCCCCCCCCCCCc1c(C(=O)O)ccc(O)c1[O-].